The first-order chi connectivity index (χ1) is 13.6. The molecular weight excluding hydrogens is 354 g/mol. The Kier molecular flexibility index (Phi) is 4.79. The molecule has 0 unspecified atom stereocenters. The van der Waals surface area contributed by atoms with Crippen LogP contribution in [0.2, 0.25) is 0 Å². The zero-order chi connectivity index (χ0) is 19.7. The minimum Gasteiger partial charge on any atom is -0.478 e. The molecule has 28 heavy (non-hydrogen) atoms. The molecule has 0 saturated carbocycles. The Labute approximate surface area is 162 Å². The van der Waals surface area contributed by atoms with Gasteiger partial charge in [-0.1, -0.05) is 25.1 Å². The molecule has 6 heteroatoms. The van der Waals surface area contributed by atoms with Gasteiger partial charge in [-0.05, 0) is 36.9 Å². The molecule has 2 aromatic carbocycles. The van der Waals surface area contributed by atoms with Gasteiger partial charge in [-0.3, -0.25) is 14.7 Å². The van der Waals surface area contributed by atoms with Gasteiger partial charge in [0.2, 0.25) is 0 Å². The molecule has 3 aromatic rings. The first-order valence-corrected chi connectivity index (χ1v) is 9.34. The summed E-state index contributed by atoms with van der Waals surface area (Å²) in [4.78, 5) is 31.4. The molecule has 6 nitrogen and oxygen atoms in total. The molecule has 0 atom stereocenters. The maximum atomic E-state index is 13.2. The Morgan fingerprint density at radius 3 is 2.61 bits per heavy atom. The maximum absolute atomic E-state index is 13.2. The standard InChI is InChI=1S/C22H21N3O3/c1-2-25-12-11-19-17(13-25)20(16-5-3-4-6-18(16)24-19)21(26)23-15-9-7-14(8-10-15)22(27)28/h3-10H,2,11-13H2,1H3,(H,23,26)(H,27,28). The van der Waals surface area contributed by atoms with Crippen LogP contribution in [0.3, 0.4) is 0 Å². The van der Waals surface area contributed by atoms with Gasteiger partial charge < -0.3 is 10.4 Å². The van der Waals surface area contributed by atoms with E-state index < -0.39 is 5.97 Å². The van der Waals surface area contributed by atoms with Gasteiger partial charge in [-0.15, -0.1) is 0 Å². The van der Waals surface area contributed by atoms with E-state index in [1.807, 2.05) is 24.3 Å². The fourth-order valence-electron chi connectivity index (χ4n) is 3.67. The summed E-state index contributed by atoms with van der Waals surface area (Å²) in [5, 5.41) is 12.8. The van der Waals surface area contributed by atoms with Crippen molar-refractivity contribution in [2.75, 3.05) is 18.4 Å². The summed E-state index contributed by atoms with van der Waals surface area (Å²) in [6.45, 7) is 4.67. The topological polar surface area (TPSA) is 82.5 Å². The number of nitrogens with one attached hydrogen (secondary N) is 1. The van der Waals surface area contributed by atoms with Gasteiger partial charge in [-0.25, -0.2) is 4.79 Å². The molecule has 142 valence electrons. The summed E-state index contributed by atoms with van der Waals surface area (Å²) in [6.07, 6.45) is 0.821. The molecule has 0 spiro atoms. The second kappa shape index (κ2) is 7.40. The molecule has 0 bridgehead atoms. The highest BCUT2D eigenvalue weighted by Crippen LogP contribution is 2.29. The number of carboxylic acids is 1. The summed E-state index contributed by atoms with van der Waals surface area (Å²) >= 11 is 0. The van der Waals surface area contributed by atoms with Gasteiger partial charge in [0.05, 0.1) is 16.6 Å². The van der Waals surface area contributed by atoms with E-state index >= 15 is 0 Å². The third-order valence-electron chi connectivity index (χ3n) is 5.19. The van der Waals surface area contributed by atoms with Gasteiger partial charge in [0.15, 0.2) is 0 Å². The van der Waals surface area contributed by atoms with Gasteiger partial charge in [0.25, 0.3) is 5.91 Å². The predicted octanol–water partition coefficient (Wildman–Crippen LogP) is 3.56. The number of aromatic carboxylic acids is 1. The normalized spacial score (nSPS) is 13.9. The number of para-hydroxylation sites is 1. The number of carboxylic acid groups (broad SMARTS) is 1. The summed E-state index contributed by atoms with van der Waals surface area (Å²) in [5.74, 6) is -1.19. The molecule has 2 N–H and O–H groups in total. The van der Waals surface area contributed by atoms with E-state index in [-0.39, 0.29) is 11.5 Å². The van der Waals surface area contributed by atoms with Gasteiger partial charge in [0, 0.05) is 41.8 Å². The van der Waals surface area contributed by atoms with Crippen molar-refractivity contribution >= 4 is 28.5 Å². The van der Waals surface area contributed by atoms with Crippen LogP contribution in [-0.4, -0.2) is 40.0 Å². The highest BCUT2D eigenvalue weighted by Gasteiger charge is 2.25. The second-order valence-corrected chi connectivity index (χ2v) is 6.88. The Hall–Kier alpha value is -3.25. The predicted molar refractivity (Wildman–Crippen MR) is 108 cm³/mol. The minimum atomic E-state index is -0.994. The third-order valence-corrected chi connectivity index (χ3v) is 5.19. The molecule has 1 aliphatic heterocycles. The maximum Gasteiger partial charge on any atom is 0.335 e. The quantitative estimate of drug-likeness (QED) is 0.729. The number of hydrogen-bond acceptors (Lipinski definition) is 4. The van der Waals surface area contributed by atoms with E-state index in [1.165, 1.54) is 12.1 Å². The third kappa shape index (κ3) is 3.34. The molecule has 1 aromatic heterocycles. The Bertz CT molecular complexity index is 1060. The number of aromatic nitrogens is 1. The van der Waals surface area contributed by atoms with Crippen molar-refractivity contribution in [1.82, 2.24) is 9.88 Å². The summed E-state index contributed by atoms with van der Waals surface area (Å²) < 4.78 is 0. The highest BCUT2D eigenvalue weighted by molar-refractivity contribution is 6.13. The minimum absolute atomic E-state index is 0.184. The second-order valence-electron chi connectivity index (χ2n) is 6.88. The lowest BCUT2D eigenvalue weighted by atomic mass is 9.95. The van der Waals surface area contributed by atoms with Gasteiger partial charge >= 0.3 is 5.97 Å². The van der Waals surface area contributed by atoms with Crippen LogP contribution in [0.5, 0.6) is 0 Å². The smallest absolute Gasteiger partial charge is 0.335 e. The number of fused-ring (bicyclic) bond motifs is 2. The van der Waals surface area contributed by atoms with Crippen LogP contribution in [0, 0.1) is 0 Å². The van der Waals surface area contributed by atoms with E-state index in [1.54, 1.807) is 12.1 Å². The zero-order valence-electron chi connectivity index (χ0n) is 15.6. The lowest BCUT2D eigenvalue weighted by Crippen LogP contribution is -2.33. The fraction of sp³-hybridized carbons (Fsp3) is 0.227. The number of pyridine rings is 1. The van der Waals surface area contributed by atoms with Crippen molar-refractivity contribution in [2.24, 2.45) is 0 Å². The van der Waals surface area contributed by atoms with Crippen LogP contribution in [-0.2, 0) is 13.0 Å². The molecule has 0 saturated heterocycles. The molecule has 2 heterocycles. The van der Waals surface area contributed by atoms with Crippen LogP contribution in [0.4, 0.5) is 5.69 Å². The number of amides is 1. The van der Waals surface area contributed by atoms with Crippen LogP contribution in [0.15, 0.2) is 48.5 Å². The first kappa shape index (κ1) is 18.1. The molecule has 1 amide bonds. The van der Waals surface area contributed by atoms with E-state index in [9.17, 15) is 9.59 Å². The Morgan fingerprint density at radius 2 is 1.89 bits per heavy atom. The highest BCUT2D eigenvalue weighted by atomic mass is 16.4. The van der Waals surface area contributed by atoms with Crippen LogP contribution in [0.25, 0.3) is 10.9 Å². The van der Waals surface area contributed by atoms with Crippen molar-refractivity contribution < 1.29 is 14.7 Å². The zero-order valence-corrected chi connectivity index (χ0v) is 15.6. The first-order valence-electron chi connectivity index (χ1n) is 9.34. The van der Waals surface area contributed by atoms with E-state index in [4.69, 9.17) is 10.1 Å². The molecule has 0 aliphatic carbocycles. The fourth-order valence-corrected chi connectivity index (χ4v) is 3.67. The average Bonchev–Trinajstić information content (AvgIpc) is 2.71. The molecule has 0 fully saturated rings. The van der Waals surface area contributed by atoms with Crippen molar-refractivity contribution in [3.8, 4) is 0 Å². The van der Waals surface area contributed by atoms with E-state index in [2.05, 4.69) is 17.1 Å². The van der Waals surface area contributed by atoms with Crippen LogP contribution < -0.4 is 5.32 Å². The number of rotatable bonds is 4. The number of benzene rings is 2. The van der Waals surface area contributed by atoms with Crippen molar-refractivity contribution in [3.63, 3.8) is 0 Å². The Balaban J connectivity index is 1.75. The van der Waals surface area contributed by atoms with Crippen molar-refractivity contribution in [3.05, 3.63) is 70.9 Å². The largest absolute Gasteiger partial charge is 0.478 e. The number of likely N-dealkylation sites (N-methyl/N-ethyl adjacent to an activating group) is 1. The SMILES string of the molecule is CCN1CCc2nc3ccccc3c(C(=O)Nc3ccc(C(=O)O)cc3)c2C1. The molecule has 4 rings (SSSR count). The van der Waals surface area contributed by atoms with Crippen LogP contribution >= 0.6 is 0 Å². The lowest BCUT2D eigenvalue weighted by molar-refractivity contribution is 0.0696. The van der Waals surface area contributed by atoms with Crippen molar-refractivity contribution in [2.45, 2.75) is 19.9 Å². The summed E-state index contributed by atoms with van der Waals surface area (Å²) in [5.41, 5.74) is 4.18. The van der Waals surface area contributed by atoms with Crippen LogP contribution in [0.1, 0.15) is 38.9 Å². The summed E-state index contributed by atoms with van der Waals surface area (Å²) in [6, 6.07) is 13.9. The lowest BCUT2D eigenvalue weighted by Gasteiger charge is -2.29. The van der Waals surface area contributed by atoms with Gasteiger partial charge in [-0.2, -0.15) is 0 Å². The number of hydrogen-bond donors (Lipinski definition) is 2. The molecular formula is C22H21N3O3. The van der Waals surface area contributed by atoms with Gasteiger partial charge in [0.1, 0.15) is 0 Å². The molecule has 0 radical (unpaired) electrons. The molecule has 1 aliphatic rings. The number of carbonyl (C=O) groups excluding carboxylic acids is 1. The monoisotopic (exact) mass is 375 g/mol. The average molecular weight is 375 g/mol. The van der Waals surface area contributed by atoms with E-state index in [0.717, 1.165) is 41.7 Å². The Morgan fingerprint density at radius 1 is 1.14 bits per heavy atom. The summed E-state index contributed by atoms with van der Waals surface area (Å²) in [7, 11) is 0. The number of carbonyl (C=O) groups is 2. The number of nitrogens with zero attached hydrogens (tertiary/aromatic N) is 2. The van der Waals surface area contributed by atoms with E-state index in [0.29, 0.717) is 17.8 Å². The number of anilines is 1. The van der Waals surface area contributed by atoms with Crippen molar-refractivity contribution in [1.29, 1.82) is 0 Å².